The fraction of sp³-hybridized carbons (Fsp3) is 0.286. The molecule has 3 N–H and O–H groups in total. The molecule has 0 aliphatic rings. The number of halogens is 1. The molecule has 0 aliphatic heterocycles. The van der Waals surface area contributed by atoms with Gasteiger partial charge < -0.3 is 11.1 Å². The number of rotatable bonds is 5. The van der Waals surface area contributed by atoms with Crippen LogP contribution in [0.1, 0.15) is 19.9 Å². The first-order chi connectivity index (χ1) is 9.95. The molecule has 0 saturated carbocycles. The molecule has 2 aromatic rings. The quantitative estimate of drug-likeness (QED) is 0.658. The van der Waals surface area contributed by atoms with Gasteiger partial charge in [-0.3, -0.25) is 4.79 Å². The van der Waals surface area contributed by atoms with E-state index in [9.17, 15) is 9.18 Å². The summed E-state index contributed by atoms with van der Waals surface area (Å²) in [4.78, 5) is 12.6. The van der Waals surface area contributed by atoms with E-state index in [4.69, 9.17) is 5.73 Å². The van der Waals surface area contributed by atoms with E-state index >= 15 is 0 Å². The highest BCUT2D eigenvalue weighted by Crippen LogP contribution is 2.22. The number of aromatic nitrogens is 2. The third-order valence-electron chi connectivity index (χ3n) is 2.69. The molecule has 2 rings (SSSR count). The van der Waals surface area contributed by atoms with E-state index in [0.717, 1.165) is 0 Å². The number of anilines is 2. The molecule has 21 heavy (non-hydrogen) atoms. The Kier molecular flexibility index (Phi) is 4.85. The summed E-state index contributed by atoms with van der Waals surface area (Å²) in [6.07, 6.45) is 1.63. The summed E-state index contributed by atoms with van der Waals surface area (Å²) in [7, 11) is 0. The number of nitrogens with zero attached hydrogens (tertiary/aromatic N) is 2. The summed E-state index contributed by atoms with van der Waals surface area (Å²) in [6, 6.07) is 6.13. The van der Waals surface area contributed by atoms with Gasteiger partial charge in [-0.2, -0.15) is 5.10 Å². The van der Waals surface area contributed by atoms with Crippen molar-refractivity contribution in [3.63, 3.8) is 0 Å². The SMILES string of the molecule is CC(C)n1nccc1NC(=O)CSc1cc(N)cc(F)c1. The number of carbonyl (C=O) groups is 1. The number of hydrogen-bond acceptors (Lipinski definition) is 4. The molecular formula is C14H17FN4OS. The Morgan fingerprint density at radius 3 is 2.90 bits per heavy atom. The number of hydrogen-bond donors (Lipinski definition) is 2. The Hall–Kier alpha value is -2.02. The molecule has 112 valence electrons. The molecule has 0 unspecified atom stereocenters. The van der Waals surface area contributed by atoms with E-state index in [-0.39, 0.29) is 17.7 Å². The van der Waals surface area contributed by atoms with Crippen LogP contribution >= 0.6 is 11.8 Å². The Morgan fingerprint density at radius 2 is 2.24 bits per heavy atom. The number of nitrogens with one attached hydrogen (secondary N) is 1. The smallest absolute Gasteiger partial charge is 0.235 e. The van der Waals surface area contributed by atoms with E-state index in [1.54, 1.807) is 23.0 Å². The molecule has 1 aromatic heterocycles. The summed E-state index contributed by atoms with van der Waals surface area (Å²) in [6.45, 7) is 3.96. The minimum atomic E-state index is -0.407. The van der Waals surface area contributed by atoms with Crippen molar-refractivity contribution in [2.75, 3.05) is 16.8 Å². The minimum absolute atomic E-state index is 0.158. The molecule has 0 bridgehead atoms. The Bertz CT molecular complexity index is 621. The maximum atomic E-state index is 13.2. The van der Waals surface area contributed by atoms with Crippen molar-refractivity contribution in [1.82, 2.24) is 9.78 Å². The van der Waals surface area contributed by atoms with Crippen molar-refractivity contribution >= 4 is 29.2 Å². The van der Waals surface area contributed by atoms with Gasteiger partial charge in [-0.25, -0.2) is 9.07 Å². The Morgan fingerprint density at radius 1 is 1.48 bits per heavy atom. The number of thioether (sulfide) groups is 1. The zero-order valence-corrected chi connectivity index (χ0v) is 12.7. The molecule has 1 aromatic carbocycles. The van der Waals surface area contributed by atoms with Crippen LogP contribution < -0.4 is 11.1 Å². The van der Waals surface area contributed by atoms with Crippen LogP contribution in [0.25, 0.3) is 0 Å². The van der Waals surface area contributed by atoms with E-state index in [2.05, 4.69) is 10.4 Å². The standard InChI is InChI=1S/C14H17FN4OS/c1-9(2)19-13(3-4-17-19)18-14(20)8-21-12-6-10(15)5-11(16)7-12/h3-7,9H,8,16H2,1-2H3,(H,18,20). The molecule has 0 atom stereocenters. The van der Waals surface area contributed by atoms with Gasteiger partial charge in [0, 0.05) is 22.7 Å². The van der Waals surface area contributed by atoms with Gasteiger partial charge in [0.2, 0.25) is 5.91 Å². The topological polar surface area (TPSA) is 72.9 Å². The molecule has 5 nitrogen and oxygen atoms in total. The van der Waals surface area contributed by atoms with Crippen LogP contribution in [0, 0.1) is 5.82 Å². The number of nitrogens with two attached hydrogens (primary N) is 1. The van der Waals surface area contributed by atoms with Gasteiger partial charge in [0.1, 0.15) is 11.6 Å². The van der Waals surface area contributed by atoms with Crippen LogP contribution in [0.3, 0.4) is 0 Å². The minimum Gasteiger partial charge on any atom is -0.399 e. The van der Waals surface area contributed by atoms with Crippen LogP contribution in [0.5, 0.6) is 0 Å². The maximum Gasteiger partial charge on any atom is 0.235 e. The van der Waals surface area contributed by atoms with Crippen LogP contribution in [0.15, 0.2) is 35.4 Å². The first-order valence-electron chi connectivity index (χ1n) is 6.48. The molecule has 1 amide bonds. The number of nitrogen functional groups attached to an aromatic ring is 1. The average Bonchev–Trinajstić information content (AvgIpc) is 2.83. The van der Waals surface area contributed by atoms with Gasteiger partial charge in [0.25, 0.3) is 0 Å². The first kappa shape index (κ1) is 15.4. The molecular weight excluding hydrogens is 291 g/mol. The predicted octanol–water partition coefficient (Wildman–Crippen LogP) is 2.92. The second-order valence-electron chi connectivity index (χ2n) is 4.81. The van der Waals surface area contributed by atoms with Crippen LogP contribution in [0.4, 0.5) is 15.9 Å². The highest BCUT2D eigenvalue weighted by molar-refractivity contribution is 8.00. The predicted molar refractivity (Wildman–Crippen MR) is 82.8 cm³/mol. The van der Waals surface area contributed by atoms with E-state index < -0.39 is 5.82 Å². The van der Waals surface area contributed by atoms with Crippen molar-refractivity contribution < 1.29 is 9.18 Å². The molecule has 0 fully saturated rings. The van der Waals surface area contributed by atoms with E-state index in [1.165, 1.54) is 23.9 Å². The monoisotopic (exact) mass is 308 g/mol. The van der Waals surface area contributed by atoms with Gasteiger partial charge in [-0.1, -0.05) is 0 Å². The first-order valence-corrected chi connectivity index (χ1v) is 7.46. The van der Waals surface area contributed by atoms with Crippen LogP contribution in [-0.2, 0) is 4.79 Å². The van der Waals surface area contributed by atoms with Gasteiger partial charge in [-0.05, 0) is 32.0 Å². The fourth-order valence-electron chi connectivity index (χ4n) is 1.82. The Balaban J connectivity index is 1.94. The average molecular weight is 308 g/mol. The van der Waals surface area contributed by atoms with Crippen LogP contribution in [-0.4, -0.2) is 21.4 Å². The van der Waals surface area contributed by atoms with Gasteiger partial charge >= 0.3 is 0 Å². The second kappa shape index (κ2) is 6.62. The van der Waals surface area contributed by atoms with Gasteiger partial charge in [-0.15, -0.1) is 11.8 Å². The van der Waals surface area contributed by atoms with Crippen molar-refractivity contribution in [2.24, 2.45) is 0 Å². The van der Waals surface area contributed by atoms with Crippen molar-refractivity contribution in [1.29, 1.82) is 0 Å². The van der Waals surface area contributed by atoms with E-state index in [0.29, 0.717) is 16.4 Å². The summed E-state index contributed by atoms with van der Waals surface area (Å²) in [5, 5.41) is 6.93. The summed E-state index contributed by atoms with van der Waals surface area (Å²) in [5.74, 6) is 0.238. The van der Waals surface area contributed by atoms with Gasteiger partial charge in [0.15, 0.2) is 0 Å². The number of benzene rings is 1. The number of amides is 1. The van der Waals surface area contributed by atoms with Crippen molar-refractivity contribution in [3.8, 4) is 0 Å². The second-order valence-corrected chi connectivity index (χ2v) is 5.86. The summed E-state index contributed by atoms with van der Waals surface area (Å²) >= 11 is 1.23. The largest absolute Gasteiger partial charge is 0.399 e. The highest BCUT2D eigenvalue weighted by Gasteiger charge is 2.10. The highest BCUT2D eigenvalue weighted by atomic mass is 32.2. The molecule has 0 aliphatic carbocycles. The van der Waals surface area contributed by atoms with Crippen molar-refractivity contribution in [2.45, 2.75) is 24.8 Å². The molecule has 7 heteroatoms. The molecule has 1 heterocycles. The van der Waals surface area contributed by atoms with Crippen molar-refractivity contribution in [3.05, 3.63) is 36.3 Å². The third kappa shape index (κ3) is 4.22. The third-order valence-corrected chi connectivity index (χ3v) is 3.67. The molecule has 0 radical (unpaired) electrons. The van der Waals surface area contributed by atoms with Crippen LogP contribution in [0.2, 0.25) is 0 Å². The van der Waals surface area contributed by atoms with Gasteiger partial charge in [0.05, 0.1) is 11.9 Å². The molecule has 0 spiro atoms. The molecule has 0 saturated heterocycles. The lowest BCUT2D eigenvalue weighted by Crippen LogP contribution is -2.18. The Labute approximate surface area is 126 Å². The zero-order valence-electron chi connectivity index (χ0n) is 11.8. The normalized spacial score (nSPS) is 10.9. The van der Waals surface area contributed by atoms with E-state index in [1.807, 2.05) is 13.8 Å². The summed E-state index contributed by atoms with van der Waals surface area (Å²) < 4.78 is 14.9. The number of carbonyl (C=O) groups excluding carboxylic acids is 1. The summed E-state index contributed by atoms with van der Waals surface area (Å²) in [5.41, 5.74) is 5.91. The zero-order chi connectivity index (χ0) is 15.4. The lowest BCUT2D eigenvalue weighted by atomic mass is 10.3. The maximum absolute atomic E-state index is 13.2. The lowest BCUT2D eigenvalue weighted by molar-refractivity contribution is -0.113. The fourth-order valence-corrected chi connectivity index (χ4v) is 2.61. The lowest BCUT2D eigenvalue weighted by Gasteiger charge is -2.11.